The Morgan fingerprint density at radius 3 is 1.37 bits per heavy atom. The first-order chi connectivity index (χ1) is 8.42. The van der Waals surface area contributed by atoms with Gasteiger partial charge in [0.15, 0.2) is 0 Å². The molecule has 0 saturated heterocycles. The summed E-state index contributed by atoms with van der Waals surface area (Å²) >= 11 is 0. The van der Waals surface area contributed by atoms with E-state index in [0.717, 1.165) is 0 Å². The molecule has 0 aliphatic rings. The molecular weight excluding hydrogens is 308 g/mol. The maximum Gasteiger partial charge on any atom is 0.321 e. The molecule has 0 spiro atoms. The molecule has 0 heterocycles. The van der Waals surface area contributed by atoms with E-state index in [9.17, 15) is 9.59 Å². The lowest BCUT2D eigenvalue weighted by Gasteiger charge is -2.30. The number of rotatable bonds is 8. The van der Waals surface area contributed by atoms with Gasteiger partial charge < -0.3 is 21.7 Å². The number of carboxylic acids is 2. The van der Waals surface area contributed by atoms with Gasteiger partial charge in [0, 0.05) is 9.49 Å². The second-order valence-electron chi connectivity index (χ2n) is 5.07. The lowest BCUT2D eigenvalue weighted by atomic mass is 10.1. The van der Waals surface area contributed by atoms with Gasteiger partial charge in [0.1, 0.15) is 12.1 Å². The number of hydrogen-bond acceptors (Lipinski definition) is 7. The minimum absolute atomic E-state index is 0.674. The van der Waals surface area contributed by atoms with Gasteiger partial charge in [-0.15, -0.1) is 0 Å². The highest BCUT2D eigenvalue weighted by Crippen LogP contribution is 2.50. The predicted octanol–water partition coefficient (Wildman–Crippen LogP) is 1.40. The molecule has 0 radical (unpaired) electrons. The van der Waals surface area contributed by atoms with Gasteiger partial charge in [-0.05, 0) is 37.5 Å². The van der Waals surface area contributed by atoms with Crippen LogP contribution in [0.2, 0.25) is 0 Å². The SMILES string of the molecule is CC(C)(SSSC(C)(C)C(N)C(=O)O)C(N)C(=O)O. The van der Waals surface area contributed by atoms with Crippen molar-refractivity contribution in [2.75, 3.05) is 0 Å². The van der Waals surface area contributed by atoms with Crippen LogP contribution in [0, 0.1) is 0 Å². The molecule has 0 fully saturated rings. The highest BCUT2D eigenvalue weighted by Gasteiger charge is 2.36. The molecule has 0 saturated carbocycles. The monoisotopic (exact) mass is 328 g/mol. The summed E-state index contributed by atoms with van der Waals surface area (Å²) in [5, 5.41) is 17.8. The first-order valence-corrected chi connectivity index (χ1v) is 8.90. The number of aliphatic carboxylic acids is 2. The highest BCUT2D eigenvalue weighted by molar-refractivity contribution is 9.09. The summed E-state index contributed by atoms with van der Waals surface area (Å²) in [6.07, 6.45) is 0. The zero-order valence-electron chi connectivity index (χ0n) is 11.2. The summed E-state index contributed by atoms with van der Waals surface area (Å²) in [5.74, 6) is -2.13. The largest absolute Gasteiger partial charge is 0.480 e. The van der Waals surface area contributed by atoms with Crippen molar-refractivity contribution in [2.24, 2.45) is 11.5 Å². The van der Waals surface area contributed by atoms with E-state index < -0.39 is 33.5 Å². The number of hydrogen-bond donors (Lipinski definition) is 4. The summed E-state index contributed by atoms with van der Waals surface area (Å²) < 4.78 is -1.35. The Hall–Kier alpha value is -0.0900. The number of carboxylic acid groups (broad SMARTS) is 2. The zero-order chi connectivity index (χ0) is 15.4. The smallest absolute Gasteiger partial charge is 0.321 e. The third kappa shape index (κ3) is 5.82. The number of nitrogens with two attached hydrogens (primary N) is 2. The van der Waals surface area contributed by atoms with Crippen LogP contribution in [0.15, 0.2) is 0 Å². The molecule has 0 aromatic carbocycles. The Bertz CT molecular complexity index is 318. The normalized spacial score (nSPS) is 15.9. The summed E-state index contributed by atoms with van der Waals surface area (Å²) in [7, 11) is 3.90. The van der Waals surface area contributed by atoms with Crippen molar-refractivity contribution in [2.45, 2.75) is 49.3 Å². The molecule has 19 heavy (non-hydrogen) atoms. The van der Waals surface area contributed by atoms with Crippen LogP contribution in [-0.2, 0) is 9.59 Å². The van der Waals surface area contributed by atoms with Crippen molar-refractivity contribution in [1.82, 2.24) is 0 Å². The Labute approximate surface area is 124 Å². The Kier molecular flexibility index (Phi) is 7.04. The third-order valence-corrected chi connectivity index (χ3v) is 8.24. The molecule has 0 aliphatic carbocycles. The quantitative estimate of drug-likeness (QED) is 0.489. The number of carbonyl (C=O) groups is 2. The molecule has 0 aromatic heterocycles. The molecule has 2 atom stereocenters. The summed E-state index contributed by atoms with van der Waals surface area (Å²) in [6, 6.07) is -2.00. The van der Waals surface area contributed by atoms with E-state index in [1.165, 1.54) is 31.4 Å². The van der Waals surface area contributed by atoms with Gasteiger partial charge in [-0.3, -0.25) is 9.59 Å². The van der Waals surface area contributed by atoms with Crippen molar-refractivity contribution >= 4 is 43.4 Å². The van der Waals surface area contributed by atoms with Gasteiger partial charge >= 0.3 is 11.9 Å². The summed E-state index contributed by atoms with van der Waals surface area (Å²) in [5.41, 5.74) is 11.2. The molecular formula is C10H20N2O4S3. The molecule has 0 aliphatic heterocycles. The van der Waals surface area contributed by atoms with Crippen molar-refractivity contribution in [3.05, 3.63) is 0 Å². The average molecular weight is 328 g/mol. The van der Waals surface area contributed by atoms with Crippen LogP contribution in [0.25, 0.3) is 0 Å². The molecule has 0 aromatic rings. The first-order valence-electron chi connectivity index (χ1n) is 5.42. The fourth-order valence-electron chi connectivity index (χ4n) is 0.891. The summed E-state index contributed by atoms with van der Waals surface area (Å²) in [4.78, 5) is 21.7. The van der Waals surface area contributed by atoms with Crippen LogP contribution in [-0.4, -0.2) is 43.7 Å². The van der Waals surface area contributed by atoms with E-state index in [1.807, 2.05) is 0 Å². The fourth-order valence-corrected chi connectivity index (χ4v) is 6.92. The van der Waals surface area contributed by atoms with Crippen LogP contribution in [0.1, 0.15) is 27.7 Å². The minimum atomic E-state index is -1.07. The molecule has 0 amide bonds. The van der Waals surface area contributed by atoms with Crippen molar-refractivity contribution in [1.29, 1.82) is 0 Å². The Morgan fingerprint density at radius 2 is 1.16 bits per heavy atom. The van der Waals surface area contributed by atoms with E-state index in [4.69, 9.17) is 21.7 Å². The molecule has 2 unspecified atom stereocenters. The van der Waals surface area contributed by atoms with Gasteiger partial charge in [-0.2, -0.15) is 0 Å². The van der Waals surface area contributed by atoms with Gasteiger partial charge in [0.25, 0.3) is 0 Å². The van der Waals surface area contributed by atoms with Crippen molar-refractivity contribution < 1.29 is 19.8 Å². The van der Waals surface area contributed by atoms with E-state index in [1.54, 1.807) is 27.7 Å². The molecule has 0 bridgehead atoms. The van der Waals surface area contributed by atoms with Gasteiger partial charge in [0.05, 0.1) is 0 Å². The molecule has 112 valence electrons. The van der Waals surface area contributed by atoms with E-state index in [-0.39, 0.29) is 0 Å². The maximum absolute atomic E-state index is 10.9. The van der Waals surface area contributed by atoms with Gasteiger partial charge in [0.2, 0.25) is 0 Å². The van der Waals surface area contributed by atoms with Crippen LogP contribution in [0.3, 0.4) is 0 Å². The maximum atomic E-state index is 10.9. The molecule has 6 nitrogen and oxygen atoms in total. The molecule has 9 heteroatoms. The van der Waals surface area contributed by atoms with Crippen LogP contribution in [0.5, 0.6) is 0 Å². The standard InChI is InChI=1S/C10H20N2O4S3/c1-9(2,5(11)7(13)14)17-19-18-10(3,4)6(12)8(15)16/h5-6H,11-12H2,1-4H3,(H,13,14)(H,15,16). The van der Waals surface area contributed by atoms with Crippen LogP contribution in [0.4, 0.5) is 0 Å². The highest BCUT2D eigenvalue weighted by atomic mass is 33.5. The van der Waals surface area contributed by atoms with Crippen molar-refractivity contribution in [3.63, 3.8) is 0 Å². The van der Waals surface area contributed by atoms with E-state index in [2.05, 4.69) is 0 Å². The minimum Gasteiger partial charge on any atom is -0.480 e. The second-order valence-corrected chi connectivity index (χ2v) is 10.3. The van der Waals surface area contributed by atoms with Crippen molar-refractivity contribution in [3.8, 4) is 0 Å². The topological polar surface area (TPSA) is 127 Å². The first kappa shape index (κ1) is 18.9. The van der Waals surface area contributed by atoms with E-state index >= 15 is 0 Å². The third-order valence-electron chi connectivity index (χ3n) is 2.53. The van der Waals surface area contributed by atoms with Gasteiger partial charge in [-0.1, -0.05) is 21.6 Å². The van der Waals surface area contributed by atoms with Crippen LogP contribution >= 0.6 is 31.4 Å². The fraction of sp³-hybridized carbons (Fsp3) is 0.800. The lowest BCUT2D eigenvalue weighted by Crippen LogP contribution is -2.47. The lowest BCUT2D eigenvalue weighted by molar-refractivity contribution is -0.140. The van der Waals surface area contributed by atoms with E-state index in [0.29, 0.717) is 0 Å². The average Bonchev–Trinajstić information content (AvgIpc) is 2.25. The molecule has 6 N–H and O–H groups in total. The zero-order valence-corrected chi connectivity index (χ0v) is 13.7. The Morgan fingerprint density at radius 1 is 0.895 bits per heavy atom. The summed E-state index contributed by atoms with van der Waals surface area (Å²) in [6.45, 7) is 6.92. The van der Waals surface area contributed by atoms with Gasteiger partial charge in [-0.25, -0.2) is 0 Å². The van der Waals surface area contributed by atoms with Crippen LogP contribution < -0.4 is 11.5 Å². The second kappa shape index (κ2) is 7.07. The predicted molar refractivity (Wildman–Crippen MR) is 82.2 cm³/mol. The molecule has 0 rings (SSSR count). The Balaban J connectivity index is 4.44.